The van der Waals surface area contributed by atoms with Gasteiger partial charge >= 0.3 is 5.97 Å². The molecular formula is C12H14Br2O2. The van der Waals surface area contributed by atoms with Crippen LogP contribution in [0.15, 0.2) is 16.6 Å². The maximum absolute atomic E-state index is 11.5. The number of alkyl halides is 1. The molecule has 16 heavy (non-hydrogen) atoms. The Morgan fingerprint density at radius 2 is 2.12 bits per heavy atom. The Bertz CT molecular complexity index is 389. The average Bonchev–Trinajstić information content (AvgIpc) is 2.17. The van der Waals surface area contributed by atoms with Gasteiger partial charge in [-0.05, 0) is 36.6 Å². The van der Waals surface area contributed by atoms with Crippen LogP contribution < -0.4 is 0 Å². The van der Waals surface area contributed by atoms with Gasteiger partial charge in [-0.2, -0.15) is 0 Å². The molecule has 0 spiro atoms. The van der Waals surface area contributed by atoms with Crippen molar-refractivity contribution in [1.29, 1.82) is 0 Å². The van der Waals surface area contributed by atoms with Crippen molar-refractivity contribution in [3.63, 3.8) is 0 Å². The molecule has 0 aliphatic rings. The van der Waals surface area contributed by atoms with Crippen LogP contribution in [0.5, 0.6) is 0 Å². The molecule has 0 radical (unpaired) electrons. The number of esters is 1. The van der Waals surface area contributed by atoms with Gasteiger partial charge in [0.25, 0.3) is 0 Å². The number of halogens is 2. The second-order valence-corrected chi connectivity index (χ2v) is 4.91. The lowest BCUT2D eigenvalue weighted by Crippen LogP contribution is -2.09. The largest absolute Gasteiger partial charge is 0.466 e. The number of benzene rings is 1. The van der Waals surface area contributed by atoms with Crippen molar-refractivity contribution >= 4 is 37.8 Å². The molecule has 0 atom stereocenters. The summed E-state index contributed by atoms with van der Waals surface area (Å²) in [6.45, 7) is 4.25. The van der Waals surface area contributed by atoms with Gasteiger partial charge in [-0.15, -0.1) is 0 Å². The predicted octanol–water partition coefficient (Wildman–Crippen LogP) is 3.76. The van der Waals surface area contributed by atoms with Gasteiger partial charge in [-0.1, -0.05) is 37.9 Å². The van der Waals surface area contributed by atoms with Gasteiger partial charge in [-0.25, -0.2) is 0 Å². The van der Waals surface area contributed by atoms with Crippen molar-refractivity contribution in [2.24, 2.45) is 0 Å². The SMILES string of the molecule is CCOC(=O)Cc1cc(C)cc(Br)c1CBr. The molecule has 1 aromatic carbocycles. The minimum atomic E-state index is -0.179. The molecule has 0 fully saturated rings. The highest BCUT2D eigenvalue weighted by Gasteiger charge is 2.11. The van der Waals surface area contributed by atoms with Crippen LogP contribution in [0.2, 0.25) is 0 Å². The molecule has 0 N–H and O–H groups in total. The van der Waals surface area contributed by atoms with Crippen LogP contribution in [-0.2, 0) is 21.3 Å². The fourth-order valence-corrected chi connectivity index (χ4v) is 3.31. The Balaban J connectivity index is 2.97. The summed E-state index contributed by atoms with van der Waals surface area (Å²) in [5.74, 6) is -0.179. The number of ether oxygens (including phenoxy) is 1. The molecule has 1 rings (SSSR count). The Morgan fingerprint density at radius 1 is 1.44 bits per heavy atom. The number of carbonyl (C=O) groups is 1. The van der Waals surface area contributed by atoms with Crippen LogP contribution in [-0.4, -0.2) is 12.6 Å². The molecule has 0 amide bonds. The van der Waals surface area contributed by atoms with E-state index in [9.17, 15) is 4.79 Å². The third-order valence-corrected chi connectivity index (χ3v) is 3.47. The lowest BCUT2D eigenvalue weighted by molar-refractivity contribution is -0.142. The van der Waals surface area contributed by atoms with Gasteiger partial charge in [0.05, 0.1) is 13.0 Å². The Labute approximate surface area is 113 Å². The average molecular weight is 350 g/mol. The van der Waals surface area contributed by atoms with E-state index < -0.39 is 0 Å². The molecule has 0 saturated heterocycles. The van der Waals surface area contributed by atoms with Crippen LogP contribution in [0.4, 0.5) is 0 Å². The first kappa shape index (κ1) is 13.7. The molecule has 0 saturated carbocycles. The van der Waals surface area contributed by atoms with Crippen LogP contribution in [0, 0.1) is 6.92 Å². The summed E-state index contributed by atoms with van der Waals surface area (Å²) in [5.41, 5.74) is 3.26. The second-order valence-electron chi connectivity index (χ2n) is 3.50. The zero-order valence-corrected chi connectivity index (χ0v) is 12.5. The predicted molar refractivity (Wildman–Crippen MR) is 71.8 cm³/mol. The van der Waals surface area contributed by atoms with E-state index >= 15 is 0 Å². The van der Waals surface area contributed by atoms with Gasteiger partial charge in [-0.3, -0.25) is 4.79 Å². The van der Waals surface area contributed by atoms with E-state index in [0.29, 0.717) is 13.0 Å². The number of hydrogen-bond donors (Lipinski definition) is 0. The Hall–Kier alpha value is -0.350. The van der Waals surface area contributed by atoms with Crippen LogP contribution in [0.1, 0.15) is 23.6 Å². The fourth-order valence-electron chi connectivity index (χ4n) is 1.52. The summed E-state index contributed by atoms with van der Waals surface area (Å²) in [6, 6.07) is 4.07. The summed E-state index contributed by atoms with van der Waals surface area (Å²) in [6.07, 6.45) is 0.328. The fraction of sp³-hybridized carbons (Fsp3) is 0.417. The van der Waals surface area contributed by atoms with Crippen molar-refractivity contribution in [3.8, 4) is 0 Å². The standard InChI is InChI=1S/C12H14Br2O2/c1-3-16-12(15)6-9-4-8(2)5-11(14)10(9)7-13/h4-5H,3,6-7H2,1-2H3. The normalized spacial score (nSPS) is 10.2. The molecule has 0 heterocycles. The van der Waals surface area contributed by atoms with Crippen LogP contribution in [0.25, 0.3) is 0 Å². The highest BCUT2D eigenvalue weighted by Crippen LogP contribution is 2.25. The molecule has 0 bridgehead atoms. The van der Waals surface area contributed by atoms with Crippen molar-refractivity contribution in [1.82, 2.24) is 0 Å². The monoisotopic (exact) mass is 348 g/mol. The highest BCUT2D eigenvalue weighted by molar-refractivity contribution is 9.10. The van der Waals surface area contributed by atoms with Crippen molar-refractivity contribution < 1.29 is 9.53 Å². The van der Waals surface area contributed by atoms with E-state index in [2.05, 4.69) is 31.9 Å². The molecule has 4 heteroatoms. The first-order valence-electron chi connectivity index (χ1n) is 5.08. The van der Waals surface area contributed by atoms with Gasteiger partial charge in [0.15, 0.2) is 0 Å². The molecule has 0 aliphatic heterocycles. The third-order valence-electron chi connectivity index (χ3n) is 2.21. The van der Waals surface area contributed by atoms with E-state index in [-0.39, 0.29) is 5.97 Å². The summed E-state index contributed by atoms with van der Waals surface area (Å²) in [4.78, 5) is 11.5. The maximum atomic E-state index is 11.5. The van der Waals surface area contributed by atoms with Gasteiger partial charge in [0.2, 0.25) is 0 Å². The van der Waals surface area contributed by atoms with E-state index in [1.807, 2.05) is 26.0 Å². The molecular weight excluding hydrogens is 336 g/mol. The summed E-state index contributed by atoms with van der Waals surface area (Å²) in [7, 11) is 0. The van der Waals surface area contributed by atoms with Crippen molar-refractivity contribution in [2.75, 3.05) is 6.61 Å². The smallest absolute Gasteiger partial charge is 0.310 e. The zero-order chi connectivity index (χ0) is 12.1. The number of carbonyl (C=O) groups excluding carboxylic acids is 1. The van der Waals surface area contributed by atoms with E-state index in [0.717, 1.165) is 26.5 Å². The van der Waals surface area contributed by atoms with Crippen LogP contribution in [0.3, 0.4) is 0 Å². The number of rotatable bonds is 4. The summed E-state index contributed by atoms with van der Waals surface area (Å²) < 4.78 is 5.99. The lowest BCUT2D eigenvalue weighted by atomic mass is 10.0. The number of hydrogen-bond acceptors (Lipinski definition) is 2. The van der Waals surface area contributed by atoms with Crippen molar-refractivity contribution in [3.05, 3.63) is 33.3 Å². The third kappa shape index (κ3) is 3.59. The minimum absolute atomic E-state index is 0.179. The minimum Gasteiger partial charge on any atom is -0.466 e. The van der Waals surface area contributed by atoms with Crippen LogP contribution >= 0.6 is 31.9 Å². The Kier molecular flexibility index (Phi) is 5.49. The molecule has 0 aromatic heterocycles. The van der Waals surface area contributed by atoms with Gasteiger partial charge in [0, 0.05) is 9.80 Å². The highest BCUT2D eigenvalue weighted by atomic mass is 79.9. The van der Waals surface area contributed by atoms with Gasteiger partial charge in [0.1, 0.15) is 0 Å². The Morgan fingerprint density at radius 3 is 2.69 bits per heavy atom. The summed E-state index contributed by atoms with van der Waals surface area (Å²) in [5, 5.41) is 0.725. The van der Waals surface area contributed by atoms with Gasteiger partial charge < -0.3 is 4.74 Å². The molecule has 0 unspecified atom stereocenters. The van der Waals surface area contributed by atoms with Crippen molar-refractivity contribution in [2.45, 2.75) is 25.6 Å². The zero-order valence-electron chi connectivity index (χ0n) is 9.35. The second kappa shape index (κ2) is 6.40. The topological polar surface area (TPSA) is 26.3 Å². The van der Waals surface area contributed by atoms with E-state index in [4.69, 9.17) is 4.74 Å². The van der Waals surface area contributed by atoms with E-state index in [1.165, 1.54) is 0 Å². The first-order valence-corrected chi connectivity index (χ1v) is 6.99. The first-order chi connectivity index (χ1) is 7.58. The molecule has 88 valence electrons. The summed E-state index contributed by atoms with van der Waals surface area (Å²) >= 11 is 6.94. The quantitative estimate of drug-likeness (QED) is 0.611. The lowest BCUT2D eigenvalue weighted by Gasteiger charge is -2.10. The molecule has 2 nitrogen and oxygen atoms in total. The van der Waals surface area contributed by atoms with E-state index in [1.54, 1.807) is 0 Å². The number of aryl methyl sites for hydroxylation is 1. The maximum Gasteiger partial charge on any atom is 0.310 e. The molecule has 1 aromatic rings. The molecule has 0 aliphatic carbocycles.